The molecule has 3 rings (SSSR count). The number of aryl methyl sites for hydroxylation is 1. The van der Waals surface area contributed by atoms with Gasteiger partial charge in [0.1, 0.15) is 5.15 Å². The topological polar surface area (TPSA) is 76.1 Å². The van der Waals surface area contributed by atoms with Gasteiger partial charge in [-0.2, -0.15) is 0 Å². The van der Waals surface area contributed by atoms with Crippen LogP contribution in [0.1, 0.15) is 48.6 Å². The van der Waals surface area contributed by atoms with Gasteiger partial charge in [0, 0.05) is 17.7 Å². The summed E-state index contributed by atoms with van der Waals surface area (Å²) in [5, 5.41) is 1.84. The third-order valence-corrected chi connectivity index (χ3v) is 7.13. The molecule has 1 unspecified atom stereocenters. The molecular formula is C20H23ClN2O3S. The van der Waals surface area contributed by atoms with Crippen molar-refractivity contribution in [1.82, 2.24) is 10.3 Å². The summed E-state index contributed by atoms with van der Waals surface area (Å²) < 4.78 is 26.5. The number of amides is 1. The van der Waals surface area contributed by atoms with Crippen LogP contribution < -0.4 is 5.32 Å². The van der Waals surface area contributed by atoms with Crippen LogP contribution in [-0.2, 0) is 14.6 Å². The van der Waals surface area contributed by atoms with Crippen LogP contribution in [-0.4, -0.2) is 19.3 Å². The van der Waals surface area contributed by atoms with Gasteiger partial charge in [-0.15, -0.1) is 0 Å². The van der Waals surface area contributed by atoms with Crippen LogP contribution in [0.2, 0.25) is 5.15 Å². The van der Waals surface area contributed by atoms with E-state index in [-0.39, 0.29) is 21.9 Å². The van der Waals surface area contributed by atoms with Crippen LogP contribution >= 0.6 is 11.6 Å². The normalized spacial score (nSPS) is 16.7. The lowest BCUT2D eigenvalue weighted by Crippen LogP contribution is -2.38. The van der Waals surface area contributed by atoms with Crippen molar-refractivity contribution in [1.29, 1.82) is 0 Å². The molecule has 0 spiro atoms. The van der Waals surface area contributed by atoms with Gasteiger partial charge < -0.3 is 5.32 Å². The summed E-state index contributed by atoms with van der Waals surface area (Å²) in [5.41, 5.74) is 1.36. The van der Waals surface area contributed by atoms with Crippen molar-refractivity contribution in [2.75, 3.05) is 0 Å². The van der Waals surface area contributed by atoms with Crippen LogP contribution in [0.3, 0.4) is 0 Å². The third-order valence-electron chi connectivity index (χ3n) is 4.96. The summed E-state index contributed by atoms with van der Waals surface area (Å²) in [6.07, 6.45) is 6.10. The Balaban J connectivity index is 1.95. The number of benzene rings is 1. The van der Waals surface area contributed by atoms with E-state index in [4.69, 9.17) is 11.6 Å². The minimum Gasteiger partial charge on any atom is -0.335 e. The van der Waals surface area contributed by atoms with Gasteiger partial charge in [0.2, 0.25) is 15.7 Å². The lowest BCUT2D eigenvalue weighted by molar-refractivity contribution is -0.126. The van der Waals surface area contributed by atoms with Crippen molar-refractivity contribution in [2.45, 2.75) is 49.3 Å². The quantitative estimate of drug-likeness (QED) is 0.754. The molecule has 1 aromatic carbocycles. The van der Waals surface area contributed by atoms with Gasteiger partial charge in [0.05, 0.1) is 4.90 Å². The molecule has 1 saturated carbocycles. The molecule has 144 valence electrons. The maximum Gasteiger partial charge on any atom is 0.224 e. The first-order chi connectivity index (χ1) is 12.9. The van der Waals surface area contributed by atoms with Crippen molar-refractivity contribution < 1.29 is 13.2 Å². The molecule has 0 saturated heterocycles. The first-order valence-electron chi connectivity index (χ1n) is 9.10. The van der Waals surface area contributed by atoms with Crippen LogP contribution in [0.5, 0.6) is 0 Å². The zero-order chi connectivity index (χ0) is 19.4. The van der Waals surface area contributed by atoms with Crippen LogP contribution in [0.15, 0.2) is 47.5 Å². The largest absolute Gasteiger partial charge is 0.335 e. The van der Waals surface area contributed by atoms with Crippen molar-refractivity contribution in [3.05, 3.63) is 58.9 Å². The molecule has 1 aliphatic carbocycles. The minimum atomic E-state index is -3.83. The SMILES string of the molecule is Cc1ccc(S(=O)(=O)C(NC(=O)C2CCCCC2)c2ccc(Cl)nc2)cc1. The van der Waals surface area contributed by atoms with E-state index in [1.54, 1.807) is 30.3 Å². The second-order valence-electron chi connectivity index (χ2n) is 7.00. The molecule has 1 fully saturated rings. The van der Waals surface area contributed by atoms with E-state index in [0.29, 0.717) is 5.56 Å². The molecule has 1 heterocycles. The van der Waals surface area contributed by atoms with E-state index < -0.39 is 15.2 Å². The maximum atomic E-state index is 13.3. The standard InChI is InChI=1S/C20H23ClN2O3S/c1-14-7-10-17(11-8-14)27(25,26)20(16-9-12-18(21)22-13-16)23-19(24)15-5-3-2-4-6-15/h7-13,15,20H,2-6H2,1H3,(H,23,24). The Morgan fingerprint density at radius 2 is 1.78 bits per heavy atom. The average Bonchev–Trinajstić information content (AvgIpc) is 2.68. The number of hydrogen-bond acceptors (Lipinski definition) is 4. The highest BCUT2D eigenvalue weighted by molar-refractivity contribution is 7.91. The van der Waals surface area contributed by atoms with Crippen molar-refractivity contribution in [3.63, 3.8) is 0 Å². The third kappa shape index (κ3) is 4.68. The molecule has 0 radical (unpaired) electrons. The zero-order valence-corrected chi connectivity index (χ0v) is 16.8. The summed E-state index contributed by atoms with van der Waals surface area (Å²) in [6.45, 7) is 1.89. The Morgan fingerprint density at radius 3 is 2.37 bits per heavy atom. The summed E-state index contributed by atoms with van der Waals surface area (Å²) in [5.74, 6) is -0.361. The summed E-state index contributed by atoms with van der Waals surface area (Å²) in [4.78, 5) is 16.9. The number of nitrogens with zero attached hydrogens (tertiary/aromatic N) is 1. The summed E-state index contributed by atoms with van der Waals surface area (Å²) in [7, 11) is -3.83. The number of carbonyl (C=O) groups excluding carboxylic acids is 1. The molecule has 5 nitrogen and oxygen atoms in total. The Hall–Kier alpha value is -1.92. The van der Waals surface area contributed by atoms with Gasteiger partial charge >= 0.3 is 0 Å². The van der Waals surface area contributed by atoms with Gasteiger partial charge in [0.15, 0.2) is 5.37 Å². The van der Waals surface area contributed by atoms with Gasteiger partial charge in [-0.1, -0.05) is 54.6 Å². The van der Waals surface area contributed by atoms with E-state index in [1.807, 2.05) is 6.92 Å². The number of halogens is 1. The first-order valence-corrected chi connectivity index (χ1v) is 11.0. The fraction of sp³-hybridized carbons (Fsp3) is 0.400. The number of pyridine rings is 1. The average molecular weight is 407 g/mol. The Labute approximate surface area is 165 Å². The molecule has 1 amide bonds. The number of rotatable bonds is 5. The van der Waals surface area contributed by atoms with E-state index in [9.17, 15) is 13.2 Å². The predicted octanol–water partition coefficient (Wildman–Crippen LogP) is 4.21. The second kappa shape index (κ2) is 8.40. The van der Waals surface area contributed by atoms with Crippen molar-refractivity contribution in [2.24, 2.45) is 5.92 Å². The van der Waals surface area contributed by atoms with Crippen molar-refractivity contribution >= 4 is 27.3 Å². The molecule has 0 aliphatic heterocycles. The molecule has 1 aromatic heterocycles. The molecule has 2 aromatic rings. The van der Waals surface area contributed by atoms with E-state index >= 15 is 0 Å². The van der Waals surface area contributed by atoms with Crippen LogP contribution in [0.4, 0.5) is 0 Å². The molecule has 27 heavy (non-hydrogen) atoms. The molecule has 1 atom stereocenters. The Kier molecular flexibility index (Phi) is 6.17. The van der Waals surface area contributed by atoms with Crippen molar-refractivity contribution in [3.8, 4) is 0 Å². The molecule has 1 N–H and O–H groups in total. The smallest absolute Gasteiger partial charge is 0.224 e. The van der Waals surface area contributed by atoms with Crippen LogP contribution in [0, 0.1) is 12.8 Å². The van der Waals surface area contributed by atoms with Crippen LogP contribution in [0.25, 0.3) is 0 Å². The van der Waals surface area contributed by atoms with Gasteiger partial charge in [-0.05, 0) is 38.0 Å². The fourth-order valence-corrected chi connectivity index (χ4v) is 5.03. The highest BCUT2D eigenvalue weighted by Gasteiger charge is 2.33. The molecule has 1 aliphatic rings. The van der Waals surface area contributed by atoms with Gasteiger partial charge in [-0.25, -0.2) is 13.4 Å². The predicted molar refractivity (Wildman–Crippen MR) is 105 cm³/mol. The number of aromatic nitrogens is 1. The zero-order valence-electron chi connectivity index (χ0n) is 15.2. The Morgan fingerprint density at radius 1 is 1.11 bits per heavy atom. The minimum absolute atomic E-state index is 0.144. The van der Waals surface area contributed by atoms with E-state index in [2.05, 4.69) is 10.3 Å². The highest BCUT2D eigenvalue weighted by Crippen LogP contribution is 2.30. The van der Waals surface area contributed by atoms with Gasteiger partial charge in [0.25, 0.3) is 0 Å². The first kappa shape index (κ1) is 19.8. The number of nitrogens with one attached hydrogen (secondary N) is 1. The Bertz CT molecular complexity index is 890. The highest BCUT2D eigenvalue weighted by atomic mass is 35.5. The number of carbonyl (C=O) groups is 1. The summed E-state index contributed by atoms with van der Waals surface area (Å²) in [6, 6.07) is 9.73. The van der Waals surface area contributed by atoms with E-state index in [1.165, 1.54) is 12.3 Å². The molecule has 0 bridgehead atoms. The second-order valence-corrected chi connectivity index (χ2v) is 9.42. The fourth-order valence-electron chi connectivity index (χ4n) is 3.36. The number of sulfone groups is 1. The summed E-state index contributed by atoms with van der Waals surface area (Å²) >= 11 is 5.84. The molecular weight excluding hydrogens is 384 g/mol. The lowest BCUT2D eigenvalue weighted by atomic mass is 9.88. The maximum absolute atomic E-state index is 13.3. The van der Waals surface area contributed by atoms with E-state index in [0.717, 1.165) is 37.7 Å². The number of hydrogen-bond donors (Lipinski definition) is 1. The molecule has 7 heteroatoms. The van der Waals surface area contributed by atoms with Gasteiger partial charge in [-0.3, -0.25) is 4.79 Å². The lowest BCUT2D eigenvalue weighted by Gasteiger charge is -2.25. The monoisotopic (exact) mass is 406 g/mol.